The topological polar surface area (TPSA) is 98.0 Å². The number of benzene rings is 1. The highest BCUT2D eigenvalue weighted by Gasteiger charge is 2.12. The Balaban J connectivity index is 1.54. The van der Waals surface area contributed by atoms with Gasteiger partial charge >= 0.3 is 5.00 Å². The van der Waals surface area contributed by atoms with E-state index in [4.69, 9.17) is 0 Å². The number of rotatable bonds is 4. The molecule has 4 aromatic rings. The van der Waals surface area contributed by atoms with Crippen molar-refractivity contribution in [3.63, 3.8) is 0 Å². The Bertz CT molecular complexity index is 1190. The van der Waals surface area contributed by atoms with E-state index in [0.717, 1.165) is 36.8 Å². The molecule has 0 aliphatic carbocycles. The third kappa shape index (κ3) is 3.21. The van der Waals surface area contributed by atoms with E-state index in [9.17, 15) is 14.9 Å². The third-order valence-corrected chi connectivity index (χ3v) is 6.37. The maximum Gasteiger partial charge on any atom is 0.324 e. The van der Waals surface area contributed by atoms with Gasteiger partial charge in [0.2, 0.25) is 5.91 Å². The van der Waals surface area contributed by atoms with Crippen LogP contribution in [-0.4, -0.2) is 20.8 Å². The molecule has 130 valence electrons. The first-order valence-electron chi connectivity index (χ1n) is 7.39. The molecular formula is C16H10N4O3S3. The summed E-state index contributed by atoms with van der Waals surface area (Å²) in [7, 11) is 0. The standard InChI is InChI=1S/C16H10N4O3S3/c1-8-17-14-11(24-8)5-4-10-15(14)26-16(18-10)19-12(21)6-2-9-3-7-13(25-9)20(22)23/h2-7H,1H3,(H,18,19,21)/b6-2+. The maximum atomic E-state index is 12.1. The highest BCUT2D eigenvalue weighted by Crippen LogP contribution is 2.34. The lowest BCUT2D eigenvalue weighted by molar-refractivity contribution is -0.380. The van der Waals surface area contributed by atoms with Crippen molar-refractivity contribution in [2.24, 2.45) is 0 Å². The van der Waals surface area contributed by atoms with Crippen LogP contribution in [0.5, 0.6) is 0 Å². The second kappa shape index (κ2) is 6.56. The van der Waals surface area contributed by atoms with Gasteiger partial charge in [-0.3, -0.25) is 20.2 Å². The van der Waals surface area contributed by atoms with E-state index in [0.29, 0.717) is 10.0 Å². The minimum absolute atomic E-state index is 0.0406. The minimum Gasteiger partial charge on any atom is -0.298 e. The van der Waals surface area contributed by atoms with Crippen LogP contribution in [0.2, 0.25) is 0 Å². The lowest BCUT2D eigenvalue weighted by Crippen LogP contribution is -2.06. The second-order valence-electron chi connectivity index (χ2n) is 5.27. The molecule has 0 spiro atoms. The van der Waals surface area contributed by atoms with Gasteiger partial charge in [0.1, 0.15) is 5.52 Å². The Kier molecular flexibility index (Phi) is 4.23. The van der Waals surface area contributed by atoms with Crippen LogP contribution in [0.4, 0.5) is 10.1 Å². The molecule has 7 nitrogen and oxygen atoms in total. The molecule has 0 aliphatic rings. The van der Waals surface area contributed by atoms with Crippen LogP contribution in [-0.2, 0) is 4.79 Å². The van der Waals surface area contributed by atoms with Gasteiger partial charge in [-0.2, -0.15) is 0 Å². The van der Waals surface area contributed by atoms with E-state index in [2.05, 4.69) is 15.3 Å². The van der Waals surface area contributed by atoms with Crippen molar-refractivity contribution in [3.05, 3.63) is 50.3 Å². The molecule has 3 aromatic heterocycles. The molecule has 0 unspecified atom stereocenters. The van der Waals surface area contributed by atoms with Crippen LogP contribution in [0.25, 0.3) is 26.5 Å². The highest BCUT2D eigenvalue weighted by molar-refractivity contribution is 7.24. The molecule has 4 rings (SSSR count). The van der Waals surface area contributed by atoms with E-state index in [-0.39, 0.29) is 10.9 Å². The fraction of sp³-hybridized carbons (Fsp3) is 0.0625. The number of carbonyl (C=O) groups excluding carboxylic acids is 1. The van der Waals surface area contributed by atoms with Gasteiger partial charge in [0.05, 0.1) is 24.8 Å². The fourth-order valence-electron chi connectivity index (χ4n) is 2.38. The Hall–Kier alpha value is -2.69. The first-order valence-corrected chi connectivity index (χ1v) is 9.84. The Morgan fingerprint density at radius 3 is 2.81 bits per heavy atom. The predicted molar refractivity (Wildman–Crippen MR) is 106 cm³/mol. The summed E-state index contributed by atoms with van der Waals surface area (Å²) in [4.78, 5) is 31.9. The fourth-order valence-corrected chi connectivity index (χ4v) is 4.96. The number of nitrogens with one attached hydrogen (secondary N) is 1. The summed E-state index contributed by atoms with van der Waals surface area (Å²) in [5, 5.41) is 14.9. The van der Waals surface area contributed by atoms with Crippen molar-refractivity contribution in [3.8, 4) is 0 Å². The van der Waals surface area contributed by atoms with Gasteiger partial charge in [-0.1, -0.05) is 22.7 Å². The van der Waals surface area contributed by atoms with Gasteiger partial charge in [-0.15, -0.1) is 11.3 Å². The summed E-state index contributed by atoms with van der Waals surface area (Å²) >= 11 is 4.01. The molecule has 0 saturated carbocycles. The smallest absolute Gasteiger partial charge is 0.298 e. The maximum absolute atomic E-state index is 12.1. The number of thiazole rings is 2. The molecule has 1 N–H and O–H groups in total. The average molecular weight is 402 g/mol. The summed E-state index contributed by atoms with van der Waals surface area (Å²) in [6, 6.07) is 6.92. The van der Waals surface area contributed by atoms with Gasteiger partial charge in [0.25, 0.3) is 0 Å². The van der Waals surface area contributed by atoms with Crippen molar-refractivity contribution in [2.45, 2.75) is 6.92 Å². The largest absolute Gasteiger partial charge is 0.324 e. The van der Waals surface area contributed by atoms with Gasteiger partial charge < -0.3 is 0 Å². The number of carbonyl (C=O) groups is 1. The zero-order chi connectivity index (χ0) is 18.3. The number of aromatic nitrogens is 2. The van der Waals surface area contributed by atoms with Gasteiger partial charge in [-0.05, 0) is 31.2 Å². The number of fused-ring (bicyclic) bond motifs is 3. The first kappa shape index (κ1) is 16.8. The van der Waals surface area contributed by atoms with E-state index < -0.39 is 4.92 Å². The molecule has 0 fully saturated rings. The molecule has 1 aromatic carbocycles. The normalized spacial score (nSPS) is 11.6. The summed E-state index contributed by atoms with van der Waals surface area (Å²) in [6.45, 7) is 1.96. The average Bonchev–Trinajstić information content (AvgIpc) is 3.28. The summed E-state index contributed by atoms with van der Waals surface area (Å²) < 4.78 is 2.04. The second-order valence-corrected chi connectivity index (χ2v) is 8.60. The Morgan fingerprint density at radius 2 is 2.04 bits per heavy atom. The van der Waals surface area contributed by atoms with Gasteiger partial charge in [0, 0.05) is 17.0 Å². The lowest BCUT2D eigenvalue weighted by atomic mass is 10.3. The number of aryl methyl sites for hydroxylation is 1. The van der Waals surface area contributed by atoms with Crippen LogP contribution in [0.1, 0.15) is 9.88 Å². The lowest BCUT2D eigenvalue weighted by Gasteiger charge is -1.94. The van der Waals surface area contributed by atoms with Crippen molar-refractivity contribution >= 4 is 76.6 Å². The zero-order valence-electron chi connectivity index (χ0n) is 13.3. The number of nitrogens with zero attached hydrogens (tertiary/aromatic N) is 3. The molecule has 0 bridgehead atoms. The molecule has 3 heterocycles. The third-order valence-electron chi connectivity index (χ3n) is 3.44. The number of hydrogen-bond acceptors (Lipinski definition) is 8. The molecule has 10 heteroatoms. The summed E-state index contributed by atoms with van der Waals surface area (Å²) in [5.41, 5.74) is 1.70. The van der Waals surface area contributed by atoms with Crippen molar-refractivity contribution < 1.29 is 9.72 Å². The highest BCUT2D eigenvalue weighted by atomic mass is 32.1. The van der Waals surface area contributed by atoms with Crippen LogP contribution >= 0.6 is 34.0 Å². The summed E-state index contributed by atoms with van der Waals surface area (Å²) in [6.07, 6.45) is 2.88. The predicted octanol–water partition coefficient (Wildman–Crippen LogP) is 4.84. The van der Waals surface area contributed by atoms with Gasteiger partial charge in [0.15, 0.2) is 5.13 Å². The number of anilines is 1. The van der Waals surface area contributed by atoms with Crippen LogP contribution in [0.15, 0.2) is 30.3 Å². The quantitative estimate of drug-likeness (QED) is 0.299. The molecule has 0 aliphatic heterocycles. The van der Waals surface area contributed by atoms with E-state index >= 15 is 0 Å². The van der Waals surface area contributed by atoms with Crippen LogP contribution in [0, 0.1) is 17.0 Å². The number of thiophene rings is 1. The van der Waals surface area contributed by atoms with Crippen molar-refractivity contribution in [1.82, 2.24) is 9.97 Å². The van der Waals surface area contributed by atoms with E-state index in [1.165, 1.54) is 23.5 Å². The molecule has 0 saturated heterocycles. The Morgan fingerprint density at radius 1 is 1.19 bits per heavy atom. The SMILES string of the molecule is Cc1nc2c(ccc3nc(NC(=O)/C=C/c4ccc([N+](=O)[O-])s4)sc32)s1. The Labute approximate surface area is 158 Å². The van der Waals surface area contributed by atoms with Crippen LogP contribution in [0.3, 0.4) is 0 Å². The summed E-state index contributed by atoms with van der Waals surface area (Å²) in [5.74, 6) is -0.342. The van der Waals surface area contributed by atoms with Crippen molar-refractivity contribution in [1.29, 1.82) is 0 Å². The van der Waals surface area contributed by atoms with Gasteiger partial charge in [-0.25, -0.2) is 9.97 Å². The molecule has 0 radical (unpaired) electrons. The van der Waals surface area contributed by atoms with Crippen LogP contribution < -0.4 is 5.32 Å². The van der Waals surface area contributed by atoms with Crippen molar-refractivity contribution in [2.75, 3.05) is 5.32 Å². The molecule has 0 atom stereocenters. The number of amides is 1. The molecule has 26 heavy (non-hydrogen) atoms. The zero-order valence-corrected chi connectivity index (χ0v) is 15.7. The minimum atomic E-state index is -0.454. The van der Waals surface area contributed by atoms with E-state index in [1.54, 1.807) is 23.5 Å². The van der Waals surface area contributed by atoms with E-state index in [1.807, 2.05) is 19.1 Å². The molecular weight excluding hydrogens is 392 g/mol. The number of nitro groups is 1. The monoisotopic (exact) mass is 402 g/mol. The molecule has 1 amide bonds. The first-order chi connectivity index (χ1) is 12.5. The number of hydrogen-bond donors (Lipinski definition) is 1.